The predicted molar refractivity (Wildman–Crippen MR) is 119 cm³/mol. The number of amides is 1. The third-order valence-electron chi connectivity index (χ3n) is 4.15. The first-order valence-electron chi connectivity index (χ1n) is 8.82. The highest BCUT2D eigenvalue weighted by Gasteiger charge is 2.12. The number of para-hydroxylation sites is 1. The van der Waals surface area contributed by atoms with Gasteiger partial charge in [-0.05, 0) is 35.0 Å². The summed E-state index contributed by atoms with van der Waals surface area (Å²) in [7, 11) is 0. The summed E-state index contributed by atoms with van der Waals surface area (Å²) >= 11 is 4.75. The highest BCUT2D eigenvalue weighted by molar-refractivity contribution is 9.10. The van der Waals surface area contributed by atoms with Crippen molar-refractivity contribution in [1.29, 1.82) is 0 Å². The molecule has 0 fully saturated rings. The van der Waals surface area contributed by atoms with Gasteiger partial charge in [0.15, 0.2) is 11.5 Å². The number of carbonyl (C=O) groups excluding carboxylic acids is 1. The van der Waals surface area contributed by atoms with E-state index in [1.54, 1.807) is 6.20 Å². The fourth-order valence-corrected chi connectivity index (χ4v) is 3.81. The van der Waals surface area contributed by atoms with Gasteiger partial charge in [-0.25, -0.2) is 19.9 Å². The molecular weight excluding hydrogens is 450 g/mol. The van der Waals surface area contributed by atoms with Crippen molar-refractivity contribution in [1.82, 2.24) is 19.9 Å². The molecule has 0 unspecified atom stereocenters. The van der Waals surface area contributed by atoms with Gasteiger partial charge in [0, 0.05) is 16.2 Å². The van der Waals surface area contributed by atoms with Crippen LogP contribution in [0.5, 0.6) is 0 Å². The first-order valence-corrected chi connectivity index (χ1v) is 10.6. The second-order valence-corrected chi connectivity index (χ2v) is 8.11. The molecule has 0 saturated carbocycles. The van der Waals surface area contributed by atoms with Gasteiger partial charge in [-0.15, -0.1) is 0 Å². The molecule has 8 heteroatoms. The van der Waals surface area contributed by atoms with Gasteiger partial charge in [0.05, 0.1) is 16.8 Å². The molecule has 0 atom stereocenters. The summed E-state index contributed by atoms with van der Waals surface area (Å²) in [5, 5.41) is 4.28. The SMILES string of the molecule is Cc1ccc(-c2ncc3c(SCC(=O)Nc4ccccc4Br)ncnc3n2)cc1. The second-order valence-electron chi connectivity index (χ2n) is 6.29. The van der Waals surface area contributed by atoms with Crippen molar-refractivity contribution >= 4 is 50.3 Å². The van der Waals surface area contributed by atoms with Crippen LogP contribution in [0, 0.1) is 6.92 Å². The minimum Gasteiger partial charge on any atom is -0.324 e. The summed E-state index contributed by atoms with van der Waals surface area (Å²) in [6, 6.07) is 15.5. The van der Waals surface area contributed by atoms with Gasteiger partial charge in [-0.1, -0.05) is 53.7 Å². The zero-order chi connectivity index (χ0) is 20.2. The normalized spacial score (nSPS) is 10.8. The van der Waals surface area contributed by atoms with Crippen LogP contribution in [0.1, 0.15) is 5.56 Å². The van der Waals surface area contributed by atoms with Gasteiger partial charge < -0.3 is 5.32 Å². The highest BCUT2D eigenvalue weighted by Crippen LogP contribution is 2.26. The Morgan fingerprint density at radius 1 is 1.07 bits per heavy atom. The number of anilines is 1. The van der Waals surface area contributed by atoms with E-state index in [9.17, 15) is 4.79 Å². The zero-order valence-corrected chi connectivity index (χ0v) is 17.9. The van der Waals surface area contributed by atoms with Crippen molar-refractivity contribution in [2.24, 2.45) is 0 Å². The molecule has 0 aliphatic carbocycles. The fraction of sp³-hybridized carbons (Fsp3) is 0.0952. The van der Waals surface area contributed by atoms with Crippen molar-refractivity contribution < 1.29 is 4.79 Å². The average Bonchev–Trinajstić information content (AvgIpc) is 2.74. The molecule has 2 aromatic heterocycles. The number of aryl methyl sites for hydroxylation is 1. The zero-order valence-electron chi connectivity index (χ0n) is 15.5. The Kier molecular flexibility index (Phi) is 5.82. The van der Waals surface area contributed by atoms with Gasteiger partial charge >= 0.3 is 0 Å². The predicted octanol–water partition coefficient (Wildman–Crippen LogP) is 4.89. The number of halogens is 1. The maximum atomic E-state index is 12.3. The van der Waals surface area contributed by atoms with Crippen molar-refractivity contribution in [2.45, 2.75) is 11.9 Å². The Morgan fingerprint density at radius 3 is 2.66 bits per heavy atom. The molecule has 0 saturated heterocycles. The van der Waals surface area contributed by atoms with E-state index < -0.39 is 0 Å². The molecule has 0 radical (unpaired) electrons. The van der Waals surface area contributed by atoms with E-state index in [-0.39, 0.29) is 11.7 Å². The summed E-state index contributed by atoms with van der Waals surface area (Å²) in [4.78, 5) is 29.9. The molecular formula is C21H16BrN5OS. The van der Waals surface area contributed by atoms with Crippen LogP contribution in [0.4, 0.5) is 5.69 Å². The van der Waals surface area contributed by atoms with Crippen LogP contribution in [0.25, 0.3) is 22.4 Å². The summed E-state index contributed by atoms with van der Waals surface area (Å²) in [6.07, 6.45) is 3.17. The Bertz CT molecular complexity index is 1180. The van der Waals surface area contributed by atoms with Gasteiger partial charge in [-0.3, -0.25) is 4.79 Å². The number of aromatic nitrogens is 4. The van der Waals surface area contributed by atoms with Crippen molar-refractivity contribution in [3.05, 3.63) is 71.1 Å². The quantitative estimate of drug-likeness (QED) is 0.333. The Labute approximate surface area is 180 Å². The lowest BCUT2D eigenvalue weighted by Gasteiger charge is -2.08. The van der Waals surface area contributed by atoms with Gasteiger partial charge in [0.1, 0.15) is 11.4 Å². The summed E-state index contributed by atoms with van der Waals surface area (Å²) in [6.45, 7) is 2.04. The minimum atomic E-state index is -0.120. The van der Waals surface area contributed by atoms with Crippen LogP contribution >= 0.6 is 27.7 Å². The topological polar surface area (TPSA) is 80.7 Å². The number of nitrogens with one attached hydrogen (secondary N) is 1. The molecule has 0 aliphatic heterocycles. The lowest BCUT2D eigenvalue weighted by molar-refractivity contribution is -0.113. The number of hydrogen-bond acceptors (Lipinski definition) is 6. The standard InChI is InChI=1S/C21H16BrN5OS/c1-13-6-8-14(9-7-13)19-23-10-15-20(27-19)24-12-25-21(15)29-11-18(28)26-17-5-3-2-4-16(17)22/h2-10,12H,11H2,1H3,(H,26,28). The first-order chi connectivity index (χ1) is 14.1. The lowest BCUT2D eigenvalue weighted by atomic mass is 10.1. The molecule has 29 heavy (non-hydrogen) atoms. The number of thioether (sulfide) groups is 1. The Balaban J connectivity index is 1.51. The van der Waals surface area contributed by atoms with Crippen molar-refractivity contribution in [2.75, 3.05) is 11.1 Å². The average molecular weight is 466 g/mol. The van der Waals surface area contributed by atoms with E-state index in [1.165, 1.54) is 23.7 Å². The molecule has 0 spiro atoms. The highest BCUT2D eigenvalue weighted by atomic mass is 79.9. The van der Waals surface area contributed by atoms with E-state index in [0.717, 1.165) is 21.1 Å². The van der Waals surface area contributed by atoms with Crippen LogP contribution in [-0.2, 0) is 4.79 Å². The van der Waals surface area contributed by atoms with Crippen LogP contribution < -0.4 is 5.32 Å². The molecule has 0 bridgehead atoms. The van der Waals surface area contributed by atoms with E-state index in [2.05, 4.69) is 41.2 Å². The molecule has 2 aromatic carbocycles. The third kappa shape index (κ3) is 4.60. The van der Waals surface area contributed by atoms with Crippen molar-refractivity contribution in [3.63, 3.8) is 0 Å². The molecule has 0 aliphatic rings. The number of rotatable bonds is 5. The van der Waals surface area contributed by atoms with Gasteiger partial charge in [-0.2, -0.15) is 0 Å². The van der Waals surface area contributed by atoms with E-state index in [0.29, 0.717) is 16.5 Å². The number of nitrogens with zero attached hydrogens (tertiary/aromatic N) is 4. The summed E-state index contributed by atoms with van der Waals surface area (Å²) < 4.78 is 0.836. The van der Waals surface area contributed by atoms with E-state index in [1.807, 2.05) is 55.5 Å². The lowest BCUT2D eigenvalue weighted by Crippen LogP contribution is -2.14. The van der Waals surface area contributed by atoms with Crippen LogP contribution in [0.15, 0.2) is 70.6 Å². The van der Waals surface area contributed by atoms with Crippen LogP contribution in [0.3, 0.4) is 0 Å². The number of hydrogen-bond donors (Lipinski definition) is 1. The summed E-state index contributed by atoms with van der Waals surface area (Å²) in [5.74, 6) is 0.706. The second kappa shape index (κ2) is 8.67. The molecule has 4 aromatic rings. The van der Waals surface area contributed by atoms with Crippen molar-refractivity contribution in [3.8, 4) is 11.4 Å². The number of benzene rings is 2. The van der Waals surface area contributed by atoms with Crippen LogP contribution in [0.2, 0.25) is 0 Å². The monoisotopic (exact) mass is 465 g/mol. The smallest absolute Gasteiger partial charge is 0.234 e. The molecule has 4 rings (SSSR count). The Morgan fingerprint density at radius 2 is 1.86 bits per heavy atom. The minimum absolute atomic E-state index is 0.120. The molecule has 1 amide bonds. The molecule has 1 N–H and O–H groups in total. The van der Waals surface area contributed by atoms with Gasteiger partial charge in [0.25, 0.3) is 0 Å². The van der Waals surface area contributed by atoms with E-state index >= 15 is 0 Å². The first kappa shape index (κ1) is 19.5. The van der Waals surface area contributed by atoms with E-state index in [4.69, 9.17) is 0 Å². The molecule has 144 valence electrons. The maximum Gasteiger partial charge on any atom is 0.234 e. The number of carbonyl (C=O) groups is 1. The number of fused-ring (bicyclic) bond motifs is 1. The fourth-order valence-electron chi connectivity index (χ4n) is 2.67. The van der Waals surface area contributed by atoms with Crippen LogP contribution in [-0.4, -0.2) is 31.6 Å². The maximum absolute atomic E-state index is 12.3. The molecule has 6 nitrogen and oxygen atoms in total. The van der Waals surface area contributed by atoms with Gasteiger partial charge in [0.2, 0.25) is 5.91 Å². The third-order valence-corrected chi connectivity index (χ3v) is 5.85. The Hall–Kier alpha value is -2.84. The largest absolute Gasteiger partial charge is 0.324 e. The molecule has 2 heterocycles. The summed E-state index contributed by atoms with van der Waals surface area (Å²) in [5.41, 5.74) is 3.39.